The number of alkyl halides is 3. The van der Waals surface area contributed by atoms with Gasteiger partial charge < -0.3 is 15.3 Å². The van der Waals surface area contributed by atoms with Gasteiger partial charge in [0.25, 0.3) is 0 Å². The molecule has 0 unspecified atom stereocenters. The van der Waals surface area contributed by atoms with Crippen LogP contribution in [0.3, 0.4) is 0 Å². The number of unbranched alkanes of at least 4 members (excludes halogenated alkanes) is 1. The van der Waals surface area contributed by atoms with E-state index in [1.54, 1.807) is 12.4 Å². The Labute approximate surface area is 166 Å². The van der Waals surface area contributed by atoms with Crippen molar-refractivity contribution >= 4 is 27.6 Å². The van der Waals surface area contributed by atoms with Gasteiger partial charge in [-0.05, 0) is 50.7 Å². The van der Waals surface area contributed by atoms with Crippen LogP contribution in [-0.2, 0) is 19.6 Å². The number of carbonyl (C=O) groups excluding carboxylic acids is 1. The van der Waals surface area contributed by atoms with E-state index in [0.29, 0.717) is 25.9 Å². The van der Waals surface area contributed by atoms with Crippen LogP contribution < -0.4 is 10.0 Å². The average molecular weight is 437 g/mol. The number of benzene rings is 1. The first-order chi connectivity index (χ1) is 13.4. The van der Waals surface area contributed by atoms with Gasteiger partial charge in [0.15, 0.2) is 0 Å². The lowest BCUT2D eigenvalue weighted by atomic mass is 10.3. The number of carboxylic acids is 1. The van der Waals surface area contributed by atoms with Gasteiger partial charge in [-0.25, -0.2) is 17.9 Å². The molecule has 0 aliphatic heterocycles. The number of aliphatic carboxylic acids is 1. The van der Waals surface area contributed by atoms with Crippen molar-refractivity contribution in [2.45, 2.75) is 23.9 Å². The summed E-state index contributed by atoms with van der Waals surface area (Å²) in [5, 5.41) is 10.1. The number of rotatable bonds is 11. The van der Waals surface area contributed by atoms with Crippen LogP contribution in [0.4, 0.5) is 18.9 Å². The Morgan fingerprint density at radius 3 is 2.34 bits per heavy atom. The van der Waals surface area contributed by atoms with Crippen LogP contribution >= 0.6 is 0 Å². The van der Waals surface area contributed by atoms with Gasteiger partial charge in [-0.2, -0.15) is 13.2 Å². The number of amides is 1. The molecule has 0 atom stereocenters. The fourth-order valence-electron chi connectivity index (χ4n) is 2.14. The van der Waals surface area contributed by atoms with Crippen molar-refractivity contribution in [3.63, 3.8) is 0 Å². The number of nitrogens with zero attached hydrogens (tertiary/aromatic N) is 1. The highest BCUT2D eigenvalue weighted by atomic mass is 32.2. The minimum atomic E-state index is -5.03. The summed E-state index contributed by atoms with van der Waals surface area (Å²) in [6.07, 6.45) is -1.28. The fraction of sp³-hybridized carbons (Fsp3) is 0.412. The van der Waals surface area contributed by atoms with E-state index in [2.05, 4.69) is 4.72 Å². The van der Waals surface area contributed by atoms with E-state index in [-0.39, 0.29) is 17.1 Å². The maximum absolute atomic E-state index is 12.2. The molecule has 29 heavy (non-hydrogen) atoms. The molecule has 0 radical (unpaired) electrons. The van der Waals surface area contributed by atoms with Crippen molar-refractivity contribution in [1.29, 1.82) is 0 Å². The molecule has 0 aliphatic rings. The third-order valence-corrected chi connectivity index (χ3v) is 5.09. The third-order valence-electron chi connectivity index (χ3n) is 3.62. The lowest BCUT2D eigenvalue weighted by Crippen LogP contribution is -2.30. The molecule has 162 valence electrons. The summed E-state index contributed by atoms with van der Waals surface area (Å²) >= 11 is 0. The number of hydrogen-bond donors (Lipinski definition) is 3. The van der Waals surface area contributed by atoms with Crippen molar-refractivity contribution in [2.75, 3.05) is 32.0 Å². The zero-order valence-corrected chi connectivity index (χ0v) is 16.4. The maximum atomic E-state index is 12.2. The van der Waals surface area contributed by atoms with Gasteiger partial charge in [-0.15, -0.1) is 0 Å². The number of carboxylic acid groups (broad SMARTS) is 1. The first kappa shape index (κ1) is 24.6. The maximum Gasteiger partial charge on any atom is 0.471 e. The van der Waals surface area contributed by atoms with Crippen LogP contribution in [0.2, 0.25) is 0 Å². The molecule has 0 heterocycles. The van der Waals surface area contributed by atoms with Crippen molar-refractivity contribution in [2.24, 2.45) is 0 Å². The number of likely N-dealkylation sites (N-methyl/N-ethyl adjacent to an activating group) is 1. The Morgan fingerprint density at radius 1 is 1.17 bits per heavy atom. The largest absolute Gasteiger partial charge is 0.478 e. The molecule has 1 amide bonds. The average Bonchev–Trinajstić information content (AvgIpc) is 2.60. The first-order valence-electron chi connectivity index (χ1n) is 8.48. The van der Waals surface area contributed by atoms with Crippen LogP contribution in [0, 0.1) is 0 Å². The lowest BCUT2D eigenvalue weighted by Gasteiger charge is -2.14. The topological polar surface area (TPSA) is 116 Å². The van der Waals surface area contributed by atoms with Crippen LogP contribution in [0.1, 0.15) is 12.8 Å². The normalized spacial score (nSPS) is 12.4. The van der Waals surface area contributed by atoms with Crippen LogP contribution in [0.25, 0.3) is 0 Å². The molecule has 1 aromatic rings. The SMILES string of the molecule is CN(CC=CC(=O)O)CCCCNS(=O)(=O)c1ccc(NC(=O)C(F)(F)F)cc1. The van der Waals surface area contributed by atoms with E-state index < -0.39 is 28.1 Å². The molecule has 0 aromatic heterocycles. The molecule has 12 heteroatoms. The quantitative estimate of drug-likeness (QED) is 0.359. The molecule has 0 saturated heterocycles. The predicted molar refractivity (Wildman–Crippen MR) is 99.8 cm³/mol. The number of nitrogens with one attached hydrogen (secondary N) is 2. The highest BCUT2D eigenvalue weighted by Gasteiger charge is 2.38. The van der Waals surface area contributed by atoms with E-state index in [9.17, 15) is 31.2 Å². The Balaban J connectivity index is 2.43. The minimum Gasteiger partial charge on any atom is -0.478 e. The van der Waals surface area contributed by atoms with E-state index in [0.717, 1.165) is 30.3 Å². The standard InChI is InChI=1S/C17H22F3N3O5S/c1-23(12-4-5-15(24)25)11-3-2-10-21-29(27,28)14-8-6-13(7-9-14)22-16(26)17(18,19)20/h4-9,21H,2-3,10-12H2,1H3,(H,22,26)(H,24,25). The third kappa shape index (κ3) is 9.54. The minimum absolute atomic E-state index is 0.140. The van der Waals surface area contributed by atoms with E-state index >= 15 is 0 Å². The number of carbonyl (C=O) groups is 2. The molecule has 0 spiro atoms. The van der Waals surface area contributed by atoms with Crippen LogP contribution in [-0.4, -0.2) is 63.2 Å². The zero-order chi connectivity index (χ0) is 22.1. The second-order valence-corrected chi connectivity index (χ2v) is 7.85. The van der Waals surface area contributed by atoms with E-state index in [1.165, 1.54) is 6.08 Å². The number of anilines is 1. The number of hydrogen-bond acceptors (Lipinski definition) is 5. The molecule has 3 N–H and O–H groups in total. The number of halogens is 3. The summed E-state index contributed by atoms with van der Waals surface area (Å²) in [6, 6.07) is 4.32. The summed E-state index contributed by atoms with van der Waals surface area (Å²) in [7, 11) is -2.03. The van der Waals surface area contributed by atoms with Crippen molar-refractivity contribution in [1.82, 2.24) is 9.62 Å². The summed E-state index contributed by atoms with van der Waals surface area (Å²) in [6.45, 7) is 1.25. The molecule has 1 rings (SSSR count). The van der Waals surface area contributed by atoms with Gasteiger partial charge in [-0.3, -0.25) is 4.79 Å². The molecular weight excluding hydrogens is 415 g/mol. The molecular formula is C17H22F3N3O5S. The first-order valence-corrected chi connectivity index (χ1v) is 9.96. The summed E-state index contributed by atoms with van der Waals surface area (Å²) in [5.74, 6) is -3.17. The molecule has 0 aliphatic carbocycles. The Morgan fingerprint density at radius 2 is 1.79 bits per heavy atom. The molecule has 0 saturated carbocycles. The highest BCUT2D eigenvalue weighted by Crippen LogP contribution is 2.19. The Bertz CT molecular complexity index is 824. The van der Waals surface area contributed by atoms with Crippen molar-refractivity contribution in [3.05, 3.63) is 36.4 Å². The van der Waals surface area contributed by atoms with Gasteiger partial charge in [-0.1, -0.05) is 6.08 Å². The van der Waals surface area contributed by atoms with Gasteiger partial charge in [0.05, 0.1) is 4.90 Å². The summed E-state index contributed by atoms with van der Waals surface area (Å²) in [5.41, 5.74) is -0.175. The Kier molecular flexibility index (Phi) is 9.27. The van der Waals surface area contributed by atoms with Gasteiger partial charge in [0.2, 0.25) is 10.0 Å². The van der Waals surface area contributed by atoms with Gasteiger partial charge in [0.1, 0.15) is 0 Å². The van der Waals surface area contributed by atoms with E-state index in [4.69, 9.17) is 5.11 Å². The van der Waals surface area contributed by atoms with Crippen LogP contribution in [0.5, 0.6) is 0 Å². The molecule has 8 nitrogen and oxygen atoms in total. The molecule has 1 aromatic carbocycles. The smallest absolute Gasteiger partial charge is 0.471 e. The summed E-state index contributed by atoms with van der Waals surface area (Å²) in [4.78, 5) is 23.0. The summed E-state index contributed by atoms with van der Waals surface area (Å²) < 4.78 is 63.3. The second-order valence-electron chi connectivity index (χ2n) is 6.08. The number of sulfonamides is 1. The van der Waals surface area contributed by atoms with Crippen molar-refractivity contribution in [3.8, 4) is 0 Å². The van der Waals surface area contributed by atoms with Crippen LogP contribution in [0.15, 0.2) is 41.3 Å². The predicted octanol–water partition coefficient (Wildman–Crippen LogP) is 1.82. The molecule has 0 bridgehead atoms. The lowest BCUT2D eigenvalue weighted by molar-refractivity contribution is -0.167. The highest BCUT2D eigenvalue weighted by molar-refractivity contribution is 7.89. The molecule has 0 fully saturated rings. The van der Waals surface area contributed by atoms with Crippen molar-refractivity contribution < 1.29 is 36.3 Å². The van der Waals surface area contributed by atoms with E-state index in [1.807, 2.05) is 4.90 Å². The second kappa shape index (κ2) is 10.9. The fourth-order valence-corrected chi connectivity index (χ4v) is 3.21. The zero-order valence-electron chi connectivity index (χ0n) is 15.6. The van der Waals surface area contributed by atoms with Gasteiger partial charge >= 0.3 is 18.1 Å². The monoisotopic (exact) mass is 437 g/mol. The Hall–Kier alpha value is -2.44. The van der Waals surface area contributed by atoms with Gasteiger partial charge in [0, 0.05) is 24.9 Å².